The molecule has 0 spiro atoms. The Bertz CT molecular complexity index is 801. The summed E-state index contributed by atoms with van der Waals surface area (Å²) in [5.41, 5.74) is 4.35. The van der Waals surface area contributed by atoms with Gasteiger partial charge in [0.05, 0.1) is 0 Å². The van der Waals surface area contributed by atoms with Crippen LogP contribution >= 0.6 is 0 Å². The second kappa shape index (κ2) is 11.2. The minimum atomic E-state index is -0.550. The predicted molar refractivity (Wildman–Crippen MR) is 137 cm³/mol. The second-order valence-corrected chi connectivity index (χ2v) is 11.5. The van der Waals surface area contributed by atoms with Crippen molar-refractivity contribution in [2.45, 2.75) is 92.1 Å². The number of allylic oxidation sites excluding steroid dienone is 6. The number of aliphatic hydroxyl groups excluding tert-OH is 1. The summed E-state index contributed by atoms with van der Waals surface area (Å²) < 4.78 is 5.39. The van der Waals surface area contributed by atoms with Crippen LogP contribution in [0.2, 0.25) is 0 Å². The molecule has 0 aromatic rings. The fourth-order valence-electron chi connectivity index (χ4n) is 6.55. The van der Waals surface area contributed by atoms with Crippen molar-refractivity contribution in [3.05, 3.63) is 47.6 Å². The molecular formula is C30H46O3. The Labute approximate surface area is 202 Å². The summed E-state index contributed by atoms with van der Waals surface area (Å²) in [6, 6.07) is 0. The topological polar surface area (TPSA) is 46.5 Å². The lowest BCUT2D eigenvalue weighted by atomic mass is 9.61. The molecule has 3 aliphatic carbocycles. The van der Waals surface area contributed by atoms with Gasteiger partial charge >= 0.3 is 5.97 Å². The molecule has 3 saturated carbocycles. The zero-order chi connectivity index (χ0) is 24.2. The number of ether oxygens (including phenoxy) is 1. The SMILES string of the molecule is C=C1CC[C@H](OC(=O)CO)CC1=CC=C1CCC[C@@]2(C)C1CC[C@@H]2[C@H](C)/C=C/[C@H](C)C(C)C. The first-order valence-electron chi connectivity index (χ1n) is 13.2. The van der Waals surface area contributed by atoms with E-state index in [2.05, 4.69) is 65.5 Å². The van der Waals surface area contributed by atoms with Gasteiger partial charge in [0.15, 0.2) is 0 Å². The molecule has 0 saturated heterocycles. The number of hydrogen-bond acceptors (Lipinski definition) is 3. The normalized spacial score (nSPS) is 34.8. The van der Waals surface area contributed by atoms with Crippen molar-refractivity contribution in [2.75, 3.05) is 6.61 Å². The van der Waals surface area contributed by atoms with E-state index in [0.717, 1.165) is 24.3 Å². The zero-order valence-corrected chi connectivity index (χ0v) is 21.6. The molecule has 0 radical (unpaired) electrons. The summed E-state index contributed by atoms with van der Waals surface area (Å²) in [5, 5.41) is 8.99. The molecule has 184 valence electrons. The molecule has 0 aromatic carbocycles. The predicted octanol–water partition coefficient (Wildman–Crippen LogP) is 7.18. The van der Waals surface area contributed by atoms with Crippen LogP contribution in [-0.2, 0) is 9.53 Å². The van der Waals surface area contributed by atoms with Crippen molar-refractivity contribution in [1.82, 2.24) is 0 Å². The van der Waals surface area contributed by atoms with Crippen LogP contribution in [-0.4, -0.2) is 23.8 Å². The molecule has 3 nitrogen and oxygen atoms in total. The van der Waals surface area contributed by atoms with Crippen LogP contribution in [0.5, 0.6) is 0 Å². The zero-order valence-electron chi connectivity index (χ0n) is 21.6. The highest BCUT2D eigenvalue weighted by Crippen LogP contribution is 2.59. The van der Waals surface area contributed by atoms with Crippen molar-refractivity contribution < 1.29 is 14.6 Å². The lowest BCUT2D eigenvalue weighted by Gasteiger charge is -2.44. The first kappa shape index (κ1) is 26.0. The van der Waals surface area contributed by atoms with Crippen LogP contribution < -0.4 is 0 Å². The Balaban J connectivity index is 1.73. The van der Waals surface area contributed by atoms with E-state index in [1.807, 2.05) is 0 Å². The van der Waals surface area contributed by atoms with Gasteiger partial charge in [-0.1, -0.05) is 76.6 Å². The molecule has 6 atom stereocenters. The third kappa shape index (κ3) is 6.10. The van der Waals surface area contributed by atoms with Gasteiger partial charge in [0.25, 0.3) is 0 Å². The molecular weight excluding hydrogens is 408 g/mol. The third-order valence-corrected chi connectivity index (χ3v) is 9.04. The van der Waals surface area contributed by atoms with Gasteiger partial charge in [0.2, 0.25) is 0 Å². The molecule has 3 aliphatic rings. The summed E-state index contributed by atoms with van der Waals surface area (Å²) in [5.74, 6) is 2.84. The van der Waals surface area contributed by atoms with Crippen molar-refractivity contribution in [3.63, 3.8) is 0 Å². The van der Waals surface area contributed by atoms with Crippen molar-refractivity contribution >= 4 is 5.97 Å². The van der Waals surface area contributed by atoms with Crippen LogP contribution in [0.25, 0.3) is 0 Å². The summed E-state index contributed by atoms with van der Waals surface area (Å²) >= 11 is 0. The van der Waals surface area contributed by atoms with Crippen LogP contribution in [0.15, 0.2) is 47.6 Å². The van der Waals surface area contributed by atoms with E-state index in [1.165, 1.54) is 37.7 Å². The Morgan fingerprint density at radius 2 is 1.91 bits per heavy atom. The molecule has 0 bridgehead atoms. The van der Waals surface area contributed by atoms with Gasteiger partial charge in [0, 0.05) is 6.42 Å². The maximum Gasteiger partial charge on any atom is 0.332 e. The Kier molecular flexibility index (Phi) is 8.83. The minimum absolute atomic E-state index is 0.145. The fraction of sp³-hybridized carbons (Fsp3) is 0.700. The van der Waals surface area contributed by atoms with Gasteiger partial charge in [-0.25, -0.2) is 4.79 Å². The summed E-state index contributed by atoms with van der Waals surface area (Å²) in [4.78, 5) is 11.5. The lowest BCUT2D eigenvalue weighted by Crippen LogP contribution is -2.35. The Morgan fingerprint density at radius 3 is 2.61 bits per heavy atom. The van der Waals surface area contributed by atoms with Gasteiger partial charge in [0.1, 0.15) is 12.7 Å². The van der Waals surface area contributed by atoms with Crippen molar-refractivity contribution in [2.24, 2.45) is 35.0 Å². The molecule has 0 heterocycles. The monoisotopic (exact) mass is 454 g/mol. The van der Waals surface area contributed by atoms with E-state index in [-0.39, 0.29) is 6.10 Å². The molecule has 33 heavy (non-hydrogen) atoms. The summed E-state index contributed by atoms with van der Waals surface area (Å²) in [7, 11) is 0. The highest BCUT2D eigenvalue weighted by molar-refractivity contribution is 5.70. The molecule has 0 amide bonds. The van der Waals surface area contributed by atoms with Crippen LogP contribution in [0.4, 0.5) is 0 Å². The lowest BCUT2D eigenvalue weighted by molar-refractivity contribution is -0.152. The van der Waals surface area contributed by atoms with Crippen molar-refractivity contribution in [3.8, 4) is 0 Å². The van der Waals surface area contributed by atoms with Crippen LogP contribution in [0.1, 0.15) is 86.0 Å². The minimum Gasteiger partial charge on any atom is -0.460 e. The quantitative estimate of drug-likeness (QED) is 0.327. The number of carbonyl (C=O) groups is 1. The average molecular weight is 455 g/mol. The van der Waals surface area contributed by atoms with Gasteiger partial charge < -0.3 is 9.84 Å². The highest BCUT2D eigenvalue weighted by Gasteiger charge is 2.50. The Morgan fingerprint density at radius 1 is 1.15 bits per heavy atom. The smallest absolute Gasteiger partial charge is 0.332 e. The highest BCUT2D eigenvalue weighted by atomic mass is 16.6. The molecule has 0 aliphatic heterocycles. The number of carbonyl (C=O) groups excluding carboxylic acids is 1. The maximum absolute atomic E-state index is 11.5. The number of rotatable bonds is 7. The van der Waals surface area contributed by atoms with E-state index >= 15 is 0 Å². The van der Waals surface area contributed by atoms with Crippen LogP contribution in [0.3, 0.4) is 0 Å². The number of aliphatic hydroxyl groups is 1. The number of hydrogen-bond donors (Lipinski definition) is 1. The first-order valence-corrected chi connectivity index (χ1v) is 13.2. The molecule has 1 N–H and O–H groups in total. The molecule has 1 unspecified atom stereocenters. The van der Waals surface area contributed by atoms with E-state index in [9.17, 15) is 4.79 Å². The van der Waals surface area contributed by atoms with Crippen LogP contribution in [0, 0.1) is 35.0 Å². The molecule has 3 fully saturated rings. The first-order chi connectivity index (χ1) is 15.7. The summed E-state index contributed by atoms with van der Waals surface area (Å²) in [6.45, 7) is 15.6. The van der Waals surface area contributed by atoms with E-state index in [1.54, 1.807) is 5.57 Å². The Hall–Kier alpha value is -1.61. The van der Waals surface area contributed by atoms with E-state index in [0.29, 0.717) is 35.5 Å². The maximum atomic E-state index is 11.5. The molecule has 0 aromatic heterocycles. The standard InChI is InChI=1S/C30H46O3/c1-20(2)21(3)9-10-23(5)27-15-16-28-24(8-7-17-30(27,28)6)12-13-25-18-26(14-11-22(25)4)33-29(32)19-31/h9-10,12-13,20-21,23,26-28,31H,4,7-8,11,14-19H2,1-3,5-6H3/b10-9+,24-12?,25-13?/t21-,23+,26-,27+,28?,30+/m0/s1. The molecule has 3 heteroatoms. The largest absolute Gasteiger partial charge is 0.460 e. The molecule has 3 rings (SSSR count). The van der Waals surface area contributed by atoms with Gasteiger partial charge in [-0.2, -0.15) is 0 Å². The average Bonchev–Trinajstić information content (AvgIpc) is 3.14. The second-order valence-electron chi connectivity index (χ2n) is 11.5. The van der Waals surface area contributed by atoms with Crippen molar-refractivity contribution in [1.29, 1.82) is 0 Å². The summed E-state index contributed by atoms with van der Waals surface area (Å²) in [6.07, 6.45) is 18.2. The van der Waals surface area contributed by atoms with Gasteiger partial charge in [-0.3, -0.25) is 0 Å². The van der Waals surface area contributed by atoms with E-state index in [4.69, 9.17) is 9.84 Å². The fourth-order valence-corrected chi connectivity index (χ4v) is 6.55. The van der Waals surface area contributed by atoms with E-state index < -0.39 is 12.6 Å². The van der Waals surface area contributed by atoms with Gasteiger partial charge in [-0.15, -0.1) is 0 Å². The third-order valence-electron chi connectivity index (χ3n) is 9.04. The van der Waals surface area contributed by atoms with Gasteiger partial charge in [-0.05, 0) is 85.5 Å². The number of fused-ring (bicyclic) bond motifs is 1. The number of esters is 1.